The van der Waals surface area contributed by atoms with Crippen molar-refractivity contribution in [1.82, 2.24) is 14.8 Å². The molecule has 3 N–H and O–H groups in total. The molecule has 0 unspecified atom stereocenters. The Hall–Kier alpha value is -3.70. The molecular weight excluding hydrogens is 631 g/mol. The van der Waals surface area contributed by atoms with Crippen LogP contribution in [0.5, 0.6) is 0 Å². The number of amides is 3. The molecule has 18 heteroatoms. The van der Waals surface area contributed by atoms with Gasteiger partial charge in [-0.05, 0) is 38.8 Å². The molecule has 0 saturated carbocycles. The number of hydrogen-bond acceptors (Lipinski definition) is 13. The predicted molar refractivity (Wildman–Crippen MR) is 157 cm³/mol. The van der Waals surface area contributed by atoms with Gasteiger partial charge in [-0.2, -0.15) is 0 Å². The highest BCUT2D eigenvalue weighted by Crippen LogP contribution is 2.44. The van der Waals surface area contributed by atoms with Gasteiger partial charge in [0.25, 0.3) is 11.8 Å². The molecule has 234 valence electrons. The third-order valence-electron chi connectivity index (χ3n) is 6.51. The SMILES string of the molecule is CC(C)(C)C(=O)OCOC(=O)C1=C(/C=C2\CCN(CCF)C2=O)CS[C@@H]2[C@H](N(C(=O)/C=N\O)c3csc(N)n3)C(=O)N12.Cl. The van der Waals surface area contributed by atoms with Crippen LogP contribution in [0.15, 0.2) is 33.5 Å². The van der Waals surface area contributed by atoms with Gasteiger partial charge in [0.2, 0.25) is 12.7 Å². The molecular formula is C25H30ClFN6O8S2. The number of halogens is 2. The van der Waals surface area contributed by atoms with Gasteiger partial charge in [0.15, 0.2) is 5.13 Å². The molecule has 1 aromatic rings. The maximum Gasteiger partial charge on any atom is 0.358 e. The molecule has 2 saturated heterocycles. The van der Waals surface area contributed by atoms with Gasteiger partial charge in [0.1, 0.15) is 35.8 Å². The average Bonchev–Trinajstić information content (AvgIpc) is 3.51. The number of alkyl halides is 1. The molecule has 1 aromatic heterocycles. The number of thioether (sulfide) groups is 1. The van der Waals surface area contributed by atoms with Gasteiger partial charge in [-0.3, -0.25) is 29.0 Å². The van der Waals surface area contributed by atoms with Gasteiger partial charge in [-0.25, -0.2) is 14.2 Å². The number of nitrogens with two attached hydrogens (primary N) is 1. The van der Waals surface area contributed by atoms with Crippen LogP contribution in [-0.4, -0.2) is 99.6 Å². The zero-order chi connectivity index (χ0) is 30.8. The van der Waals surface area contributed by atoms with Gasteiger partial charge >= 0.3 is 11.9 Å². The summed E-state index contributed by atoms with van der Waals surface area (Å²) < 4.78 is 23.1. The number of likely N-dealkylation sites (tertiary alicyclic amines) is 1. The molecule has 3 aliphatic rings. The highest BCUT2D eigenvalue weighted by atomic mass is 35.5. The number of ether oxygens (including phenoxy) is 2. The summed E-state index contributed by atoms with van der Waals surface area (Å²) in [5.41, 5.74) is 5.33. The number of nitrogen functional groups attached to an aromatic ring is 1. The highest BCUT2D eigenvalue weighted by molar-refractivity contribution is 8.00. The molecule has 14 nitrogen and oxygen atoms in total. The molecule has 2 fully saturated rings. The Bertz CT molecular complexity index is 1390. The number of nitrogens with zero attached hydrogens (tertiary/aromatic N) is 5. The lowest BCUT2D eigenvalue weighted by Gasteiger charge is -2.52. The fourth-order valence-electron chi connectivity index (χ4n) is 4.47. The summed E-state index contributed by atoms with van der Waals surface area (Å²) in [6, 6.07) is -1.15. The minimum atomic E-state index is -1.15. The first-order valence-electron chi connectivity index (χ1n) is 12.7. The number of oxime groups is 1. The first kappa shape index (κ1) is 33.8. The van der Waals surface area contributed by atoms with E-state index < -0.39 is 54.1 Å². The first-order valence-corrected chi connectivity index (χ1v) is 14.6. The summed E-state index contributed by atoms with van der Waals surface area (Å²) in [6.07, 6.45) is 2.41. The third-order valence-corrected chi connectivity index (χ3v) is 8.46. The van der Waals surface area contributed by atoms with Crippen molar-refractivity contribution in [3.8, 4) is 0 Å². The Morgan fingerprint density at radius 3 is 2.63 bits per heavy atom. The lowest BCUT2D eigenvalue weighted by atomic mass is 9.98. The molecule has 4 heterocycles. The van der Waals surface area contributed by atoms with Crippen molar-refractivity contribution < 1.29 is 43.0 Å². The van der Waals surface area contributed by atoms with Crippen LogP contribution in [0.25, 0.3) is 0 Å². The van der Waals surface area contributed by atoms with Crippen LogP contribution in [0.2, 0.25) is 0 Å². The standard InChI is InChI=1S/C25H29FN6O8S2.ClH/c1-25(2,3)23(37)40-12-39-22(36)17-14(8-13-4-6-30(7-5-26)19(13)34)10-41-21-18(20(35)32(17)21)31(16(33)9-28-38)15-11-42-24(27)29-15;/h8-9,11,18,21,38H,4-7,10,12H2,1-3H3,(H2,27,29);1H/b13-8+,28-9-;/t18-,21-;/m1./s1. The predicted octanol–water partition coefficient (Wildman–Crippen LogP) is 1.70. The van der Waals surface area contributed by atoms with Crippen molar-refractivity contribution in [3.05, 3.63) is 28.3 Å². The van der Waals surface area contributed by atoms with E-state index in [-0.39, 0.29) is 47.3 Å². The summed E-state index contributed by atoms with van der Waals surface area (Å²) in [4.78, 5) is 72.4. The van der Waals surface area contributed by atoms with Gasteiger partial charge in [0, 0.05) is 29.8 Å². The molecule has 3 aliphatic heterocycles. The Morgan fingerprint density at radius 2 is 2.02 bits per heavy atom. The van der Waals surface area contributed by atoms with Crippen LogP contribution >= 0.6 is 35.5 Å². The van der Waals surface area contributed by atoms with Crippen LogP contribution < -0.4 is 10.6 Å². The van der Waals surface area contributed by atoms with Crippen LogP contribution in [0.4, 0.5) is 15.3 Å². The number of thiazole rings is 1. The van der Waals surface area contributed by atoms with E-state index in [2.05, 4.69) is 10.1 Å². The number of rotatable bonds is 9. The lowest BCUT2D eigenvalue weighted by molar-refractivity contribution is -0.173. The number of carbonyl (C=O) groups excluding carboxylic acids is 5. The van der Waals surface area contributed by atoms with E-state index in [1.807, 2.05) is 0 Å². The van der Waals surface area contributed by atoms with E-state index in [9.17, 15) is 28.4 Å². The molecule has 0 bridgehead atoms. The normalized spacial score (nSPS) is 21.1. The minimum Gasteiger partial charge on any atom is -0.427 e. The summed E-state index contributed by atoms with van der Waals surface area (Å²) in [5, 5.41) is 12.5. The van der Waals surface area contributed by atoms with Crippen LogP contribution in [0.1, 0.15) is 27.2 Å². The molecule has 0 spiro atoms. The smallest absolute Gasteiger partial charge is 0.358 e. The van der Waals surface area contributed by atoms with Crippen molar-refractivity contribution >= 4 is 82.3 Å². The molecule has 2 atom stereocenters. The second kappa shape index (κ2) is 13.7. The number of carbonyl (C=O) groups is 5. The fraction of sp³-hybridized carbons (Fsp3) is 0.480. The first-order chi connectivity index (χ1) is 19.9. The number of anilines is 2. The average molecular weight is 661 g/mol. The van der Waals surface area contributed by atoms with E-state index in [0.29, 0.717) is 30.3 Å². The zero-order valence-corrected chi connectivity index (χ0v) is 25.8. The molecule has 3 amide bonds. The number of esters is 2. The summed E-state index contributed by atoms with van der Waals surface area (Å²) in [6.45, 7) is 3.71. The second-order valence-electron chi connectivity index (χ2n) is 10.4. The summed E-state index contributed by atoms with van der Waals surface area (Å²) in [7, 11) is 0. The Morgan fingerprint density at radius 1 is 1.30 bits per heavy atom. The number of fused-ring (bicyclic) bond motifs is 1. The molecule has 0 aromatic carbocycles. The van der Waals surface area contributed by atoms with E-state index in [4.69, 9.17) is 20.4 Å². The van der Waals surface area contributed by atoms with E-state index in [1.165, 1.54) is 28.1 Å². The van der Waals surface area contributed by atoms with Crippen LogP contribution in [0, 0.1) is 5.41 Å². The van der Waals surface area contributed by atoms with Gasteiger partial charge in [-0.15, -0.1) is 35.5 Å². The second-order valence-corrected chi connectivity index (χ2v) is 12.4. The van der Waals surface area contributed by atoms with Gasteiger partial charge in [0.05, 0.1) is 5.41 Å². The maximum absolute atomic E-state index is 13.6. The molecule has 4 rings (SSSR count). The Kier molecular flexibility index (Phi) is 10.8. The van der Waals surface area contributed by atoms with E-state index >= 15 is 0 Å². The van der Waals surface area contributed by atoms with Crippen molar-refractivity contribution in [2.24, 2.45) is 10.6 Å². The monoisotopic (exact) mass is 660 g/mol. The fourth-order valence-corrected chi connectivity index (χ4v) is 6.36. The van der Waals surface area contributed by atoms with Gasteiger partial charge < -0.3 is 25.3 Å². The highest BCUT2D eigenvalue weighted by Gasteiger charge is 2.58. The zero-order valence-electron chi connectivity index (χ0n) is 23.4. The maximum atomic E-state index is 13.6. The lowest BCUT2D eigenvalue weighted by Crippen LogP contribution is -2.72. The van der Waals surface area contributed by atoms with Crippen LogP contribution in [-0.2, 0) is 33.4 Å². The number of hydrogen-bond donors (Lipinski definition) is 2. The van der Waals surface area contributed by atoms with Crippen molar-refractivity contribution in [2.45, 2.75) is 38.6 Å². The Balaban J connectivity index is 0.00000506. The molecule has 0 aliphatic carbocycles. The summed E-state index contributed by atoms with van der Waals surface area (Å²) in [5.74, 6) is -3.32. The number of β-lactam (4-membered cyclic amide) rings is 1. The van der Waals surface area contributed by atoms with E-state index in [1.54, 1.807) is 20.8 Å². The van der Waals surface area contributed by atoms with Crippen molar-refractivity contribution in [1.29, 1.82) is 0 Å². The molecule has 43 heavy (non-hydrogen) atoms. The minimum absolute atomic E-state index is 0. The third kappa shape index (κ3) is 6.94. The van der Waals surface area contributed by atoms with Crippen molar-refractivity contribution in [2.75, 3.05) is 42.9 Å². The Labute approximate surface area is 260 Å². The largest absolute Gasteiger partial charge is 0.427 e. The van der Waals surface area contributed by atoms with Crippen LogP contribution in [0.3, 0.4) is 0 Å². The molecule has 0 radical (unpaired) electrons. The number of aromatic nitrogens is 1. The topological polar surface area (TPSA) is 185 Å². The quantitative estimate of drug-likeness (QED) is 0.0747. The number of allylic oxidation sites excluding steroid dienone is 1. The van der Waals surface area contributed by atoms with Crippen molar-refractivity contribution in [3.63, 3.8) is 0 Å². The van der Waals surface area contributed by atoms with E-state index in [0.717, 1.165) is 21.1 Å². The van der Waals surface area contributed by atoms with Gasteiger partial charge in [-0.1, -0.05) is 5.16 Å². The summed E-state index contributed by atoms with van der Waals surface area (Å²) >= 11 is 2.25.